The summed E-state index contributed by atoms with van der Waals surface area (Å²) in [6, 6.07) is 7.89. The topological polar surface area (TPSA) is 49.3 Å². The van der Waals surface area contributed by atoms with Crippen LogP contribution in [-0.2, 0) is 4.79 Å². The van der Waals surface area contributed by atoms with Crippen LogP contribution < -0.4 is 5.32 Å². The lowest BCUT2D eigenvalue weighted by Gasteiger charge is -2.27. The molecule has 16 heavy (non-hydrogen) atoms. The molecule has 3 nitrogen and oxygen atoms in total. The van der Waals surface area contributed by atoms with Crippen LogP contribution in [0.2, 0.25) is 0 Å². The number of carbonyl (C=O) groups is 1. The van der Waals surface area contributed by atoms with Crippen molar-refractivity contribution >= 4 is 21.9 Å². The van der Waals surface area contributed by atoms with Crippen LogP contribution in [0.15, 0.2) is 28.7 Å². The average Bonchev–Trinajstić information content (AvgIpc) is 2.63. The molecule has 1 saturated heterocycles. The van der Waals surface area contributed by atoms with Gasteiger partial charge in [-0.2, -0.15) is 0 Å². The van der Waals surface area contributed by atoms with Crippen molar-refractivity contribution in [1.29, 1.82) is 0 Å². The van der Waals surface area contributed by atoms with E-state index in [4.69, 9.17) is 0 Å². The predicted octanol–water partition coefficient (Wildman–Crippen LogP) is 2.37. The van der Waals surface area contributed by atoms with E-state index < -0.39 is 11.5 Å². The van der Waals surface area contributed by atoms with Gasteiger partial charge in [-0.05, 0) is 37.6 Å². The van der Waals surface area contributed by atoms with Crippen LogP contribution in [0.1, 0.15) is 24.8 Å². The minimum Gasteiger partial charge on any atom is -0.480 e. The first-order valence-electron chi connectivity index (χ1n) is 5.28. The van der Waals surface area contributed by atoms with Crippen LogP contribution in [0.3, 0.4) is 0 Å². The van der Waals surface area contributed by atoms with Gasteiger partial charge in [-0.15, -0.1) is 0 Å². The van der Waals surface area contributed by atoms with E-state index in [1.807, 2.05) is 24.3 Å². The Balaban J connectivity index is 2.33. The Kier molecular flexibility index (Phi) is 3.04. The van der Waals surface area contributed by atoms with E-state index >= 15 is 0 Å². The molecule has 4 heteroatoms. The fraction of sp³-hybridized carbons (Fsp3) is 0.417. The number of hydrogen-bond donors (Lipinski definition) is 2. The number of rotatable bonds is 2. The van der Waals surface area contributed by atoms with Crippen LogP contribution in [0.25, 0.3) is 0 Å². The molecule has 1 aliphatic heterocycles. The minimum absolute atomic E-state index is 0.0399. The molecular weight excluding hydrogens is 270 g/mol. The Morgan fingerprint density at radius 2 is 2.12 bits per heavy atom. The lowest BCUT2D eigenvalue weighted by molar-refractivity contribution is -0.144. The molecule has 0 spiro atoms. The molecule has 0 aromatic heterocycles. The van der Waals surface area contributed by atoms with Gasteiger partial charge < -0.3 is 10.4 Å². The maximum Gasteiger partial charge on any atom is 0.324 e. The quantitative estimate of drug-likeness (QED) is 0.876. The predicted molar refractivity (Wildman–Crippen MR) is 65.5 cm³/mol. The van der Waals surface area contributed by atoms with Crippen molar-refractivity contribution in [2.75, 3.05) is 6.54 Å². The first-order valence-corrected chi connectivity index (χ1v) is 6.07. The third kappa shape index (κ3) is 1.87. The van der Waals surface area contributed by atoms with Gasteiger partial charge in [0.25, 0.3) is 0 Å². The fourth-order valence-corrected chi connectivity index (χ4v) is 2.57. The summed E-state index contributed by atoms with van der Waals surface area (Å²) in [5.74, 6) is -0.740. The lowest BCUT2D eigenvalue weighted by atomic mass is 9.82. The van der Waals surface area contributed by atoms with E-state index in [2.05, 4.69) is 21.2 Å². The molecule has 86 valence electrons. The molecule has 0 radical (unpaired) electrons. The van der Waals surface area contributed by atoms with Crippen molar-refractivity contribution in [3.63, 3.8) is 0 Å². The van der Waals surface area contributed by atoms with Crippen LogP contribution in [0.4, 0.5) is 0 Å². The van der Waals surface area contributed by atoms with Gasteiger partial charge in [0.1, 0.15) is 5.54 Å². The van der Waals surface area contributed by atoms with Gasteiger partial charge in [-0.25, -0.2) is 0 Å². The number of nitrogens with one attached hydrogen (secondary N) is 1. The number of aliphatic carboxylic acids is 1. The van der Waals surface area contributed by atoms with Crippen LogP contribution in [0.5, 0.6) is 0 Å². The van der Waals surface area contributed by atoms with Gasteiger partial charge in [-0.1, -0.05) is 28.1 Å². The Morgan fingerprint density at radius 3 is 2.69 bits per heavy atom. The van der Waals surface area contributed by atoms with Crippen molar-refractivity contribution in [2.24, 2.45) is 0 Å². The highest BCUT2D eigenvalue weighted by Crippen LogP contribution is 2.36. The highest BCUT2D eigenvalue weighted by atomic mass is 79.9. The van der Waals surface area contributed by atoms with Crippen molar-refractivity contribution in [1.82, 2.24) is 5.32 Å². The maximum absolute atomic E-state index is 11.3. The van der Waals surface area contributed by atoms with Crippen LogP contribution in [-0.4, -0.2) is 23.2 Å². The lowest BCUT2D eigenvalue weighted by Crippen LogP contribution is -2.48. The molecule has 1 aliphatic rings. The summed E-state index contributed by atoms with van der Waals surface area (Å²) in [5, 5.41) is 12.4. The normalized spacial score (nSPS) is 29.2. The van der Waals surface area contributed by atoms with E-state index in [9.17, 15) is 9.90 Å². The zero-order valence-electron chi connectivity index (χ0n) is 9.03. The van der Waals surface area contributed by atoms with Gasteiger partial charge in [0, 0.05) is 10.4 Å². The van der Waals surface area contributed by atoms with E-state index in [1.165, 1.54) is 0 Å². The molecule has 0 amide bonds. The summed E-state index contributed by atoms with van der Waals surface area (Å²) in [6.07, 6.45) is 0.866. The van der Waals surface area contributed by atoms with Crippen LogP contribution in [0, 0.1) is 0 Å². The number of benzene rings is 1. The van der Waals surface area contributed by atoms with E-state index in [1.54, 1.807) is 6.92 Å². The third-order valence-electron chi connectivity index (χ3n) is 3.34. The summed E-state index contributed by atoms with van der Waals surface area (Å²) in [5.41, 5.74) is 0.242. The Morgan fingerprint density at radius 1 is 1.50 bits per heavy atom. The number of halogens is 1. The van der Waals surface area contributed by atoms with Gasteiger partial charge in [0.2, 0.25) is 0 Å². The van der Waals surface area contributed by atoms with E-state index in [0.29, 0.717) is 0 Å². The maximum atomic E-state index is 11.3. The molecule has 2 rings (SSSR count). The average molecular weight is 284 g/mol. The number of carboxylic acids is 1. The third-order valence-corrected chi connectivity index (χ3v) is 3.87. The Hall–Kier alpha value is -0.870. The standard InChI is InChI=1S/C12H14BrNO2/c1-12(11(15)16)10(6-7-14-12)8-2-4-9(13)5-3-8/h2-5,10,14H,6-7H2,1H3,(H,15,16)/t10?,12-/m0/s1. The number of carboxylic acid groups (broad SMARTS) is 1. The SMILES string of the molecule is C[C@]1(C(=O)O)NCCC1c1ccc(Br)cc1. The largest absolute Gasteiger partial charge is 0.480 e. The second-order valence-electron chi connectivity index (χ2n) is 4.33. The smallest absolute Gasteiger partial charge is 0.324 e. The first kappa shape index (κ1) is 11.6. The molecule has 0 saturated carbocycles. The molecule has 0 aliphatic carbocycles. The molecule has 1 aromatic rings. The molecule has 2 N–H and O–H groups in total. The Labute approximate surface area is 103 Å². The Bertz CT molecular complexity index is 404. The minimum atomic E-state index is -0.839. The van der Waals surface area contributed by atoms with E-state index in [0.717, 1.165) is 23.0 Å². The molecular formula is C12H14BrNO2. The molecule has 1 aromatic carbocycles. The van der Waals surface area contributed by atoms with Gasteiger partial charge in [0.15, 0.2) is 0 Å². The van der Waals surface area contributed by atoms with Crippen molar-refractivity contribution in [3.8, 4) is 0 Å². The zero-order valence-corrected chi connectivity index (χ0v) is 10.6. The summed E-state index contributed by atoms with van der Waals surface area (Å²) < 4.78 is 1.01. The first-order chi connectivity index (χ1) is 7.54. The van der Waals surface area contributed by atoms with Crippen molar-refractivity contribution in [2.45, 2.75) is 24.8 Å². The monoisotopic (exact) mass is 283 g/mol. The van der Waals surface area contributed by atoms with Gasteiger partial charge >= 0.3 is 5.97 Å². The molecule has 1 unspecified atom stereocenters. The zero-order chi connectivity index (χ0) is 11.8. The second-order valence-corrected chi connectivity index (χ2v) is 5.24. The van der Waals surface area contributed by atoms with E-state index in [-0.39, 0.29) is 5.92 Å². The summed E-state index contributed by atoms with van der Waals surface area (Å²) >= 11 is 3.38. The fourth-order valence-electron chi connectivity index (χ4n) is 2.31. The molecule has 0 bridgehead atoms. The summed E-state index contributed by atoms with van der Waals surface area (Å²) in [4.78, 5) is 11.3. The molecule has 2 atom stereocenters. The summed E-state index contributed by atoms with van der Waals surface area (Å²) in [6.45, 7) is 2.51. The highest BCUT2D eigenvalue weighted by molar-refractivity contribution is 9.10. The highest BCUT2D eigenvalue weighted by Gasteiger charge is 2.45. The molecule has 1 fully saturated rings. The van der Waals surface area contributed by atoms with Crippen LogP contribution >= 0.6 is 15.9 Å². The number of hydrogen-bond acceptors (Lipinski definition) is 2. The van der Waals surface area contributed by atoms with Crippen molar-refractivity contribution < 1.29 is 9.90 Å². The van der Waals surface area contributed by atoms with Crippen molar-refractivity contribution in [3.05, 3.63) is 34.3 Å². The van der Waals surface area contributed by atoms with Gasteiger partial charge in [-0.3, -0.25) is 4.79 Å². The summed E-state index contributed by atoms with van der Waals surface area (Å²) in [7, 11) is 0. The second kappa shape index (κ2) is 4.18. The molecule has 1 heterocycles. The van der Waals surface area contributed by atoms with Gasteiger partial charge in [0.05, 0.1) is 0 Å².